The molecule has 0 spiro atoms. The van der Waals surface area contributed by atoms with Gasteiger partial charge in [-0.05, 0) is 61.3 Å². The summed E-state index contributed by atoms with van der Waals surface area (Å²) in [5, 5.41) is 0. The molecule has 4 aliphatic rings. The number of fused-ring (bicyclic) bond motifs is 5. The molecule has 2 saturated heterocycles. The zero-order valence-corrected chi connectivity index (χ0v) is 22.8. The standard InChI is InChI=1S/C24H38N4O6S2/c1-3-27(4-2)36(31,32)25-9-6-12-35(29,30)28-10-5-7-19-16-26-11-8-18-13-23-24(34-17-33-23)14-20(18)22(26)15-21(19)28/h13-14,19,21-22,25H,3-12,15-17H2,1-2H3/t19-,21+,22+/m1/s1. The summed E-state index contributed by atoms with van der Waals surface area (Å²) in [5.74, 6) is 1.84. The van der Waals surface area contributed by atoms with E-state index in [4.69, 9.17) is 9.47 Å². The Labute approximate surface area is 215 Å². The summed E-state index contributed by atoms with van der Waals surface area (Å²) in [4.78, 5) is 2.52. The van der Waals surface area contributed by atoms with Gasteiger partial charge in [0, 0.05) is 51.4 Å². The van der Waals surface area contributed by atoms with E-state index in [0.717, 1.165) is 50.3 Å². The van der Waals surface area contributed by atoms with Gasteiger partial charge < -0.3 is 9.47 Å². The molecule has 36 heavy (non-hydrogen) atoms. The summed E-state index contributed by atoms with van der Waals surface area (Å²) in [6.45, 7) is 7.09. The Morgan fingerprint density at radius 1 is 1.08 bits per heavy atom. The zero-order valence-electron chi connectivity index (χ0n) is 21.2. The number of rotatable bonds is 9. The van der Waals surface area contributed by atoms with Gasteiger partial charge in [0.1, 0.15) is 0 Å². The first-order valence-corrected chi connectivity index (χ1v) is 16.2. The van der Waals surface area contributed by atoms with Gasteiger partial charge in [0.2, 0.25) is 16.8 Å². The highest BCUT2D eigenvalue weighted by molar-refractivity contribution is 7.89. The van der Waals surface area contributed by atoms with E-state index < -0.39 is 20.2 Å². The van der Waals surface area contributed by atoms with Crippen molar-refractivity contribution in [2.45, 2.75) is 58.0 Å². The van der Waals surface area contributed by atoms with E-state index in [1.165, 1.54) is 15.4 Å². The van der Waals surface area contributed by atoms with Crippen LogP contribution in [0.2, 0.25) is 0 Å². The Bertz CT molecular complexity index is 1170. The third-order valence-corrected chi connectivity index (χ3v) is 11.9. The zero-order chi connectivity index (χ0) is 25.5. The fourth-order valence-electron chi connectivity index (χ4n) is 6.37. The van der Waals surface area contributed by atoms with Crippen molar-refractivity contribution in [1.82, 2.24) is 18.2 Å². The second-order valence-corrected chi connectivity index (χ2v) is 13.9. The van der Waals surface area contributed by atoms with Gasteiger partial charge in [0.15, 0.2) is 11.5 Å². The molecule has 4 aliphatic heterocycles. The number of hydrogen-bond donors (Lipinski definition) is 1. The molecule has 1 aromatic rings. The molecule has 0 radical (unpaired) electrons. The summed E-state index contributed by atoms with van der Waals surface area (Å²) in [7, 11) is -7.09. The number of benzene rings is 1. The maximum absolute atomic E-state index is 13.5. The third-order valence-electron chi connectivity index (χ3n) is 8.17. The molecule has 0 bridgehead atoms. The summed E-state index contributed by atoms with van der Waals surface area (Å²) in [6.07, 6.45) is 3.88. The smallest absolute Gasteiger partial charge is 0.279 e. The van der Waals surface area contributed by atoms with Gasteiger partial charge in [-0.1, -0.05) is 13.8 Å². The Hall–Kier alpha value is -1.44. The normalized spacial score (nSPS) is 26.5. The van der Waals surface area contributed by atoms with Gasteiger partial charge in [-0.25, -0.2) is 13.1 Å². The van der Waals surface area contributed by atoms with Crippen LogP contribution in [0.3, 0.4) is 0 Å². The minimum Gasteiger partial charge on any atom is -0.454 e. The topological polar surface area (TPSA) is 108 Å². The molecule has 0 aromatic heterocycles. The minimum atomic E-state index is -3.58. The first kappa shape index (κ1) is 26.2. The van der Waals surface area contributed by atoms with Crippen LogP contribution in [0.1, 0.15) is 56.7 Å². The third kappa shape index (κ3) is 5.00. The van der Waals surface area contributed by atoms with E-state index >= 15 is 0 Å². The molecular formula is C24H38N4O6S2. The maximum Gasteiger partial charge on any atom is 0.279 e. The molecule has 3 atom stereocenters. The van der Waals surface area contributed by atoms with E-state index in [1.54, 1.807) is 18.2 Å². The monoisotopic (exact) mass is 542 g/mol. The lowest BCUT2D eigenvalue weighted by atomic mass is 9.77. The van der Waals surface area contributed by atoms with Gasteiger partial charge in [0.25, 0.3) is 10.2 Å². The molecule has 12 heteroatoms. The van der Waals surface area contributed by atoms with Crippen molar-refractivity contribution < 1.29 is 26.3 Å². The van der Waals surface area contributed by atoms with E-state index in [2.05, 4.69) is 21.8 Å². The highest BCUT2D eigenvalue weighted by Gasteiger charge is 2.46. The van der Waals surface area contributed by atoms with Crippen molar-refractivity contribution in [2.75, 3.05) is 51.8 Å². The van der Waals surface area contributed by atoms with Crippen LogP contribution in [0.4, 0.5) is 0 Å². The maximum atomic E-state index is 13.5. The first-order chi connectivity index (χ1) is 17.2. The predicted molar refractivity (Wildman–Crippen MR) is 137 cm³/mol. The van der Waals surface area contributed by atoms with Crippen LogP contribution >= 0.6 is 0 Å². The molecule has 10 nitrogen and oxygen atoms in total. The van der Waals surface area contributed by atoms with E-state index in [1.807, 2.05) is 0 Å². The summed E-state index contributed by atoms with van der Waals surface area (Å²) >= 11 is 0. The first-order valence-electron chi connectivity index (χ1n) is 13.1. The lowest BCUT2D eigenvalue weighted by molar-refractivity contribution is 0.0219. The molecule has 5 rings (SSSR count). The van der Waals surface area contributed by atoms with Crippen molar-refractivity contribution in [3.63, 3.8) is 0 Å². The fourth-order valence-corrected chi connectivity index (χ4v) is 9.45. The van der Waals surface area contributed by atoms with Crippen LogP contribution in [0.25, 0.3) is 0 Å². The van der Waals surface area contributed by atoms with Gasteiger partial charge in [-0.15, -0.1) is 0 Å². The lowest BCUT2D eigenvalue weighted by Crippen LogP contribution is -2.57. The summed E-state index contributed by atoms with van der Waals surface area (Å²) < 4.78 is 68.4. The van der Waals surface area contributed by atoms with E-state index in [-0.39, 0.29) is 37.6 Å². The van der Waals surface area contributed by atoms with Crippen molar-refractivity contribution in [2.24, 2.45) is 5.92 Å². The fraction of sp³-hybridized carbons (Fsp3) is 0.750. The quantitative estimate of drug-likeness (QED) is 0.473. The molecular weight excluding hydrogens is 504 g/mol. The molecule has 4 heterocycles. The molecule has 0 amide bonds. The number of ether oxygens (including phenoxy) is 2. The molecule has 202 valence electrons. The van der Waals surface area contributed by atoms with E-state index in [9.17, 15) is 16.8 Å². The van der Waals surface area contributed by atoms with Crippen molar-refractivity contribution >= 4 is 20.2 Å². The molecule has 2 fully saturated rings. The highest BCUT2D eigenvalue weighted by atomic mass is 32.2. The van der Waals surface area contributed by atoms with Gasteiger partial charge >= 0.3 is 0 Å². The number of piperidine rings is 2. The summed E-state index contributed by atoms with van der Waals surface area (Å²) in [5.41, 5.74) is 2.50. The Balaban J connectivity index is 1.27. The van der Waals surface area contributed by atoms with Gasteiger partial charge in [-0.3, -0.25) is 4.90 Å². The largest absolute Gasteiger partial charge is 0.454 e. The summed E-state index contributed by atoms with van der Waals surface area (Å²) in [6, 6.07) is 4.32. The van der Waals surface area contributed by atoms with Crippen LogP contribution in [0.5, 0.6) is 11.5 Å². The number of sulfonamides is 1. The molecule has 1 aromatic carbocycles. The van der Waals surface area contributed by atoms with Crippen LogP contribution < -0.4 is 14.2 Å². The van der Waals surface area contributed by atoms with Crippen LogP contribution in [0.15, 0.2) is 12.1 Å². The van der Waals surface area contributed by atoms with Crippen LogP contribution in [-0.4, -0.2) is 88.2 Å². The molecule has 1 N–H and O–H groups in total. The molecule has 0 aliphatic carbocycles. The second kappa shape index (κ2) is 10.4. The van der Waals surface area contributed by atoms with Crippen molar-refractivity contribution in [3.8, 4) is 11.5 Å². The lowest BCUT2D eigenvalue weighted by Gasteiger charge is -2.51. The van der Waals surface area contributed by atoms with Gasteiger partial charge in [-0.2, -0.15) is 17.0 Å². The van der Waals surface area contributed by atoms with Gasteiger partial charge in [0.05, 0.1) is 5.75 Å². The molecule has 0 unspecified atom stereocenters. The number of nitrogens with zero attached hydrogens (tertiary/aromatic N) is 3. The Morgan fingerprint density at radius 2 is 1.83 bits per heavy atom. The predicted octanol–water partition coefficient (Wildman–Crippen LogP) is 1.69. The average Bonchev–Trinajstić information content (AvgIpc) is 3.32. The Kier molecular flexibility index (Phi) is 7.54. The van der Waals surface area contributed by atoms with Crippen molar-refractivity contribution in [3.05, 3.63) is 23.3 Å². The highest BCUT2D eigenvalue weighted by Crippen LogP contribution is 2.46. The van der Waals surface area contributed by atoms with E-state index in [0.29, 0.717) is 25.6 Å². The number of hydrogen-bond acceptors (Lipinski definition) is 7. The number of nitrogens with one attached hydrogen (secondary N) is 1. The van der Waals surface area contributed by atoms with Crippen molar-refractivity contribution in [1.29, 1.82) is 0 Å². The second-order valence-electron chi connectivity index (χ2n) is 10.1. The van der Waals surface area contributed by atoms with Crippen LogP contribution in [0, 0.1) is 5.92 Å². The minimum absolute atomic E-state index is 0.0336. The molecule has 0 saturated carbocycles. The Morgan fingerprint density at radius 3 is 2.58 bits per heavy atom. The average molecular weight is 543 g/mol. The van der Waals surface area contributed by atoms with Crippen LogP contribution in [-0.2, 0) is 26.7 Å². The SMILES string of the molecule is CCN(CC)S(=O)(=O)NCCCS(=O)(=O)N1CCC[C@@H]2CN3CCc4cc5c(cc4[C@@H]3C[C@@H]21)OCO5.